The van der Waals surface area contributed by atoms with Crippen LogP contribution in [0, 0.1) is 12.3 Å². The summed E-state index contributed by atoms with van der Waals surface area (Å²) in [6.45, 7) is 0. The van der Waals surface area contributed by atoms with E-state index >= 15 is 0 Å². The minimum absolute atomic E-state index is 0.186. The van der Waals surface area contributed by atoms with Crippen LogP contribution in [0.3, 0.4) is 0 Å². The van der Waals surface area contributed by atoms with E-state index < -0.39 is 0 Å². The molecule has 1 unspecified atom stereocenters. The number of rotatable bonds is 6. The Morgan fingerprint density at radius 1 is 1.62 bits per heavy atom. The monoisotopic (exact) mass is 219 g/mol. The lowest BCUT2D eigenvalue weighted by atomic mass is 10.0. The zero-order valence-electron chi connectivity index (χ0n) is 9.44. The Morgan fingerprint density at radius 3 is 2.94 bits per heavy atom. The van der Waals surface area contributed by atoms with Crippen molar-refractivity contribution < 1.29 is 4.74 Å². The van der Waals surface area contributed by atoms with E-state index in [9.17, 15) is 0 Å². The second-order valence-corrected chi connectivity index (χ2v) is 3.52. The summed E-state index contributed by atoms with van der Waals surface area (Å²) in [4.78, 5) is 4.13. The molecule has 86 valence electrons. The number of ether oxygens (including phenoxy) is 1. The number of methoxy groups -OCH3 is 1. The van der Waals surface area contributed by atoms with Gasteiger partial charge in [0.15, 0.2) is 0 Å². The molecule has 0 spiro atoms. The third-order valence-electron chi connectivity index (χ3n) is 2.36. The maximum Gasteiger partial charge on any atom is 0.212 e. The van der Waals surface area contributed by atoms with Crippen molar-refractivity contribution >= 4 is 0 Å². The molecule has 0 saturated carbocycles. The van der Waals surface area contributed by atoms with E-state index in [4.69, 9.17) is 17.0 Å². The van der Waals surface area contributed by atoms with Gasteiger partial charge < -0.3 is 4.74 Å². The lowest BCUT2D eigenvalue weighted by molar-refractivity contribution is 0.397. The van der Waals surface area contributed by atoms with Crippen LogP contribution in [0.1, 0.15) is 18.4 Å². The number of nitrogens with two attached hydrogens (primary N) is 1. The lowest BCUT2D eigenvalue weighted by Crippen LogP contribution is -2.36. The summed E-state index contributed by atoms with van der Waals surface area (Å²) in [5.74, 6) is 8.67. The first-order chi connectivity index (χ1) is 7.80. The molecule has 0 aliphatic heterocycles. The highest BCUT2D eigenvalue weighted by molar-refractivity contribution is 5.18. The Kier molecular flexibility index (Phi) is 5.34. The van der Waals surface area contributed by atoms with E-state index in [-0.39, 0.29) is 6.04 Å². The van der Waals surface area contributed by atoms with Crippen LogP contribution in [0.15, 0.2) is 18.3 Å². The van der Waals surface area contributed by atoms with Gasteiger partial charge in [-0.3, -0.25) is 11.3 Å². The molecular weight excluding hydrogens is 202 g/mol. The van der Waals surface area contributed by atoms with Gasteiger partial charge in [0, 0.05) is 24.7 Å². The van der Waals surface area contributed by atoms with Crippen molar-refractivity contribution in [2.45, 2.75) is 25.3 Å². The van der Waals surface area contributed by atoms with E-state index in [1.54, 1.807) is 13.3 Å². The molecule has 0 amide bonds. The van der Waals surface area contributed by atoms with Gasteiger partial charge in [-0.1, -0.05) is 6.07 Å². The molecule has 3 N–H and O–H groups in total. The number of hydrogen-bond acceptors (Lipinski definition) is 4. The number of hydrazine groups is 1. The van der Waals surface area contributed by atoms with Crippen LogP contribution in [0.2, 0.25) is 0 Å². The molecule has 1 aromatic rings. The average molecular weight is 219 g/mol. The predicted octanol–water partition coefficient (Wildman–Crippen LogP) is 0.878. The standard InChI is InChI=1S/C12H17N3O/c1-3-4-5-11(15-13)8-10-6-7-12(16-2)14-9-10/h1,6-7,9,11,15H,4-5,8,13H2,2H3. The van der Waals surface area contributed by atoms with E-state index in [0.29, 0.717) is 5.88 Å². The molecule has 0 saturated heterocycles. The van der Waals surface area contributed by atoms with Gasteiger partial charge in [0.05, 0.1) is 7.11 Å². The van der Waals surface area contributed by atoms with E-state index in [0.717, 1.165) is 24.8 Å². The van der Waals surface area contributed by atoms with Crippen LogP contribution in [0.25, 0.3) is 0 Å². The highest BCUT2D eigenvalue weighted by Crippen LogP contribution is 2.10. The fraction of sp³-hybridized carbons (Fsp3) is 0.417. The number of nitrogens with one attached hydrogen (secondary N) is 1. The van der Waals surface area contributed by atoms with Gasteiger partial charge in [-0.2, -0.15) is 0 Å². The molecule has 1 heterocycles. The topological polar surface area (TPSA) is 60.2 Å². The van der Waals surface area contributed by atoms with Gasteiger partial charge in [0.1, 0.15) is 0 Å². The molecule has 0 aromatic carbocycles. The summed E-state index contributed by atoms with van der Waals surface area (Å²) in [7, 11) is 1.60. The maximum absolute atomic E-state index is 5.45. The molecule has 0 radical (unpaired) electrons. The molecule has 16 heavy (non-hydrogen) atoms. The molecule has 4 heteroatoms. The fourth-order valence-electron chi connectivity index (χ4n) is 1.44. The maximum atomic E-state index is 5.45. The van der Waals surface area contributed by atoms with Gasteiger partial charge in [0.25, 0.3) is 0 Å². The van der Waals surface area contributed by atoms with Crippen LogP contribution in [-0.2, 0) is 6.42 Å². The Labute approximate surface area is 96.2 Å². The largest absolute Gasteiger partial charge is 0.481 e. The Morgan fingerprint density at radius 2 is 2.44 bits per heavy atom. The normalized spacial score (nSPS) is 11.8. The quantitative estimate of drug-likeness (QED) is 0.423. The van der Waals surface area contributed by atoms with Crippen molar-refractivity contribution in [3.05, 3.63) is 23.9 Å². The summed E-state index contributed by atoms with van der Waals surface area (Å²) in [5, 5.41) is 0. The molecular formula is C12H17N3O. The van der Waals surface area contributed by atoms with Gasteiger partial charge in [-0.25, -0.2) is 4.98 Å². The van der Waals surface area contributed by atoms with Crippen molar-refractivity contribution in [2.75, 3.05) is 7.11 Å². The third-order valence-corrected chi connectivity index (χ3v) is 2.36. The Balaban J connectivity index is 2.53. The highest BCUT2D eigenvalue weighted by Gasteiger charge is 2.07. The molecule has 1 rings (SSSR count). The van der Waals surface area contributed by atoms with Gasteiger partial charge in [-0.05, 0) is 18.4 Å². The highest BCUT2D eigenvalue weighted by atomic mass is 16.5. The van der Waals surface area contributed by atoms with Crippen molar-refractivity contribution in [3.8, 4) is 18.2 Å². The second kappa shape index (κ2) is 6.83. The van der Waals surface area contributed by atoms with Crippen LogP contribution in [0.5, 0.6) is 5.88 Å². The molecule has 0 fully saturated rings. The van der Waals surface area contributed by atoms with Crippen molar-refractivity contribution in [2.24, 2.45) is 5.84 Å². The molecule has 4 nitrogen and oxygen atoms in total. The Bertz CT molecular complexity index is 342. The predicted molar refractivity (Wildman–Crippen MR) is 63.7 cm³/mol. The van der Waals surface area contributed by atoms with E-state index in [1.807, 2.05) is 12.1 Å². The zero-order valence-corrected chi connectivity index (χ0v) is 9.44. The average Bonchev–Trinajstić information content (AvgIpc) is 2.35. The van der Waals surface area contributed by atoms with E-state index in [2.05, 4.69) is 16.3 Å². The molecule has 0 aliphatic carbocycles. The van der Waals surface area contributed by atoms with Crippen molar-refractivity contribution in [1.29, 1.82) is 0 Å². The number of pyridine rings is 1. The molecule has 0 aliphatic rings. The van der Waals surface area contributed by atoms with Crippen LogP contribution < -0.4 is 16.0 Å². The molecule has 1 atom stereocenters. The lowest BCUT2D eigenvalue weighted by Gasteiger charge is -2.14. The number of aromatic nitrogens is 1. The number of hydrogen-bond donors (Lipinski definition) is 2. The summed E-state index contributed by atoms with van der Waals surface area (Å²) in [6.07, 6.45) is 9.40. The second-order valence-electron chi connectivity index (χ2n) is 3.52. The first-order valence-electron chi connectivity index (χ1n) is 5.18. The first-order valence-corrected chi connectivity index (χ1v) is 5.18. The minimum atomic E-state index is 0.186. The molecule has 0 bridgehead atoms. The van der Waals surface area contributed by atoms with Crippen molar-refractivity contribution in [3.63, 3.8) is 0 Å². The number of terminal acetylenes is 1. The minimum Gasteiger partial charge on any atom is -0.481 e. The summed E-state index contributed by atoms with van der Waals surface area (Å²) in [5.41, 5.74) is 3.87. The van der Waals surface area contributed by atoms with Crippen LogP contribution >= 0.6 is 0 Å². The summed E-state index contributed by atoms with van der Waals surface area (Å²) < 4.78 is 4.99. The zero-order chi connectivity index (χ0) is 11.8. The van der Waals surface area contributed by atoms with Crippen LogP contribution in [0.4, 0.5) is 0 Å². The third kappa shape index (κ3) is 3.89. The van der Waals surface area contributed by atoms with Gasteiger partial charge >= 0.3 is 0 Å². The first kappa shape index (κ1) is 12.5. The van der Waals surface area contributed by atoms with Crippen LogP contribution in [-0.4, -0.2) is 18.1 Å². The van der Waals surface area contributed by atoms with Gasteiger partial charge in [-0.15, -0.1) is 12.3 Å². The van der Waals surface area contributed by atoms with Gasteiger partial charge in [0.2, 0.25) is 5.88 Å². The smallest absolute Gasteiger partial charge is 0.212 e. The van der Waals surface area contributed by atoms with E-state index in [1.165, 1.54) is 0 Å². The Hall–Kier alpha value is -1.57. The summed E-state index contributed by atoms with van der Waals surface area (Å²) >= 11 is 0. The molecule has 1 aromatic heterocycles. The van der Waals surface area contributed by atoms with Crippen molar-refractivity contribution in [1.82, 2.24) is 10.4 Å². The fourth-order valence-corrected chi connectivity index (χ4v) is 1.44. The SMILES string of the molecule is C#CCCC(Cc1ccc(OC)nc1)NN. The summed E-state index contributed by atoms with van der Waals surface area (Å²) in [6, 6.07) is 4.00. The number of nitrogens with zero attached hydrogens (tertiary/aromatic N) is 1.